The summed E-state index contributed by atoms with van der Waals surface area (Å²) in [7, 11) is 0. The molecule has 0 N–H and O–H groups in total. The van der Waals surface area contributed by atoms with Crippen molar-refractivity contribution in [2.75, 3.05) is 9.80 Å². The molecule has 3 heterocycles. The van der Waals surface area contributed by atoms with Crippen LogP contribution in [0.5, 0.6) is 23.0 Å². The molecule has 0 unspecified atom stereocenters. The van der Waals surface area contributed by atoms with E-state index in [9.17, 15) is 0 Å². The summed E-state index contributed by atoms with van der Waals surface area (Å²) < 4.78 is 19.5. The fourth-order valence-corrected chi connectivity index (χ4v) is 8.24. The van der Waals surface area contributed by atoms with Gasteiger partial charge in [0, 0.05) is 33.3 Å². The van der Waals surface area contributed by atoms with Gasteiger partial charge in [0.15, 0.2) is 23.0 Å². The molecule has 9 aromatic rings. The van der Waals surface area contributed by atoms with Crippen LogP contribution in [0.1, 0.15) is 11.1 Å². The van der Waals surface area contributed by atoms with Crippen molar-refractivity contribution in [3.63, 3.8) is 0 Å². The van der Waals surface area contributed by atoms with Crippen LogP contribution in [0.4, 0.5) is 34.1 Å². The molecule has 0 aliphatic carbocycles. The van der Waals surface area contributed by atoms with Crippen molar-refractivity contribution in [3.05, 3.63) is 181 Å². The predicted octanol–water partition coefficient (Wildman–Crippen LogP) is 14.7. The van der Waals surface area contributed by atoms with Gasteiger partial charge in [-0.2, -0.15) is 0 Å². The summed E-state index contributed by atoms with van der Waals surface area (Å²) in [6.07, 6.45) is 0. The second-order valence-corrected chi connectivity index (χ2v) is 14.3. The molecule has 2 aliphatic heterocycles. The van der Waals surface area contributed by atoms with Crippen LogP contribution in [-0.2, 0) is 0 Å². The molecule has 11 rings (SSSR count). The van der Waals surface area contributed by atoms with E-state index in [-0.39, 0.29) is 0 Å². The molecule has 0 fully saturated rings. The Bertz CT molecular complexity index is 2670. The van der Waals surface area contributed by atoms with E-state index in [2.05, 4.69) is 145 Å². The van der Waals surface area contributed by atoms with E-state index in [1.165, 1.54) is 11.1 Å². The van der Waals surface area contributed by atoms with Gasteiger partial charge in [-0.3, -0.25) is 0 Å². The minimum absolute atomic E-state index is 0.838. The van der Waals surface area contributed by atoms with E-state index >= 15 is 0 Å². The van der Waals surface area contributed by atoms with Crippen molar-refractivity contribution in [2.24, 2.45) is 0 Å². The normalized spacial score (nSPS) is 12.8. The van der Waals surface area contributed by atoms with Crippen LogP contribution < -0.4 is 19.3 Å². The Balaban J connectivity index is 0.997. The molecule has 0 amide bonds. The third kappa shape index (κ3) is 5.01. The Morgan fingerprint density at radius 1 is 0.364 bits per heavy atom. The zero-order valence-corrected chi connectivity index (χ0v) is 30.3. The molecule has 262 valence electrons. The molecule has 0 saturated heterocycles. The average Bonchev–Trinajstić information content (AvgIpc) is 3.59. The van der Waals surface area contributed by atoms with E-state index in [0.717, 1.165) is 101 Å². The zero-order chi connectivity index (χ0) is 36.6. The number of fused-ring (bicyclic) bond motifs is 7. The standard InChI is InChI=1S/C50H34N2O3/c1-31-27-37(33-19-23-35(24-20-33)51-41-11-3-7-15-45(41)53-46-16-8-4-12-42(46)51)49-39(29-31)40-30-32(2)28-38(50(40)55-49)34-21-25-36(26-22-34)52-43-13-5-9-17-47(43)54-48-18-10-6-14-44(48)52/h3-30H,1-2H3. The molecule has 0 saturated carbocycles. The molecule has 8 aromatic carbocycles. The highest BCUT2D eigenvalue weighted by atomic mass is 16.5. The topological polar surface area (TPSA) is 38.1 Å². The third-order valence-corrected chi connectivity index (χ3v) is 10.7. The fourth-order valence-electron chi connectivity index (χ4n) is 8.24. The monoisotopic (exact) mass is 710 g/mol. The van der Waals surface area contributed by atoms with Crippen molar-refractivity contribution >= 4 is 56.1 Å². The van der Waals surface area contributed by atoms with E-state index in [1.54, 1.807) is 0 Å². The maximum Gasteiger partial charge on any atom is 0.151 e. The molecule has 2 aliphatic rings. The van der Waals surface area contributed by atoms with Crippen LogP contribution in [0.3, 0.4) is 0 Å². The number of para-hydroxylation sites is 8. The number of nitrogens with zero attached hydrogens (tertiary/aromatic N) is 2. The number of aryl methyl sites for hydroxylation is 2. The van der Waals surface area contributed by atoms with Gasteiger partial charge in [-0.05, 0) is 133 Å². The van der Waals surface area contributed by atoms with Crippen LogP contribution >= 0.6 is 0 Å². The highest BCUT2D eigenvalue weighted by molar-refractivity contribution is 6.13. The van der Waals surface area contributed by atoms with E-state index in [0.29, 0.717) is 0 Å². The highest BCUT2D eigenvalue weighted by Crippen LogP contribution is 2.52. The van der Waals surface area contributed by atoms with E-state index < -0.39 is 0 Å². The van der Waals surface area contributed by atoms with Crippen LogP contribution in [0.2, 0.25) is 0 Å². The van der Waals surface area contributed by atoms with Gasteiger partial charge in [0.2, 0.25) is 0 Å². The predicted molar refractivity (Wildman–Crippen MR) is 224 cm³/mol. The van der Waals surface area contributed by atoms with E-state index in [1.807, 2.05) is 48.5 Å². The van der Waals surface area contributed by atoms with Crippen LogP contribution in [0.25, 0.3) is 44.2 Å². The summed E-state index contributed by atoms with van der Waals surface area (Å²) in [5, 5.41) is 2.24. The number of anilines is 6. The molecule has 0 radical (unpaired) electrons. The summed E-state index contributed by atoms with van der Waals surface area (Å²) in [6, 6.07) is 59.2. The first-order chi connectivity index (χ1) is 27.1. The van der Waals surface area contributed by atoms with Gasteiger partial charge in [0.1, 0.15) is 11.2 Å². The zero-order valence-electron chi connectivity index (χ0n) is 30.3. The van der Waals surface area contributed by atoms with Gasteiger partial charge < -0.3 is 23.7 Å². The largest absolute Gasteiger partial charge is 0.455 e. The second-order valence-electron chi connectivity index (χ2n) is 14.3. The molecule has 0 spiro atoms. The van der Waals surface area contributed by atoms with Crippen molar-refractivity contribution in [2.45, 2.75) is 13.8 Å². The van der Waals surface area contributed by atoms with E-state index in [4.69, 9.17) is 13.9 Å². The Hall–Kier alpha value is -7.24. The maximum absolute atomic E-state index is 6.96. The molecule has 55 heavy (non-hydrogen) atoms. The van der Waals surface area contributed by atoms with Gasteiger partial charge in [-0.25, -0.2) is 0 Å². The first-order valence-electron chi connectivity index (χ1n) is 18.6. The molecule has 0 bridgehead atoms. The lowest BCUT2D eigenvalue weighted by Crippen LogP contribution is -2.15. The Morgan fingerprint density at radius 2 is 0.691 bits per heavy atom. The summed E-state index contributed by atoms with van der Waals surface area (Å²) in [4.78, 5) is 4.53. The van der Waals surface area contributed by atoms with Gasteiger partial charge in [0.25, 0.3) is 0 Å². The van der Waals surface area contributed by atoms with Gasteiger partial charge in [0.05, 0.1) is 22.7 Å². The fraction of sp³-hybridized carbons (Fsp3) is 0.0400. The number of ether oxygens (including phenoxy) is 2. The van der Waals surface area contributed by atoms with Crippen LogP contribution in [0.15, 0.2) is 174 Å². The SMILES string of the molecule is Cc1cc(-c2ccc(N3c4ccccc4Oc4ccccc43)cc2)c2oc3c(-c4ccc(N5c6ccccc6Oc6ccccc65)cc4)cc(C)cc3c2c1. The summed E-state index contributed by atoms with van der Waals surface area (Å²) in [5.41, 5.74) is 14.7. The second kappa shape index (κ2) is 12.2. The Kier molecular flexibility index (Phi) is 6.92. The van der Waals surface area contributed by atoms with Gasteiger partial charge >= 0.3 is 0 Å². The quantitative estimate of drug-likeness (QED) is 0.182. The molecule has 5 nitrogen and oxygen atoms in total. The number of hydrogen-bond acceptors (Lipinski definition) is 5. The lowest BCUT2D eigenvalue weighted by Gasteiger charge is -2.32. The molecule has 5 heteroatoms. The molecular formula is C50H34N2O3. The summed E-state index contributed by atoms with van der Waals surface area (Å²) in [6.45, 7) is 4.32. The third-order valence-electron chi connectivity index (χ3n) is 10.7. The lowest BCUT2D eigenvalue weighted by molar-refractivity contribution is 0.477. The maximum atomic E-state index is 6.96. The average molecular weight is 711 g/mol. The molecule has 1 aromatic heterocycles. The number of furan rings is 1. The molecule has 0 atom stereocenters. The first kappa shape index (κ1) is 31.3. The van der Waals surface area contributed by atoms with Gasteiger partial charge in [-0.1, -0.05) is 72.8 Å². The van der Waals surface area contributed by atoms with Crippen LogP contribution in [-0.4, -0.2) is 0 Å². The van der Waals surface area contributed by atoms with Crippen LogP contribution in [0, 0.1) is 13.8 Å². The Labute approximate surface area is 318 Å². The first-order valence-corrected chi connectivity index (χ1v) is 18.6. The van der Waals surface area contributed by atoms with Crippen molar-refractivity contribution in [3.8, 4) is 45.3 Å². The molecular weight excluding hydrogens is 677 g/mol. The number of benzene rings is 8. The highest BCUT2D eigenvalue weighted by Gasteiger charge is 2.27. The smallest absolute Gasteiger partial charge is 0.151 e. The summed E-state index contributed by atoms with van der Waals surface area (Å²) >= 11 is 0. The number of hydrogen-bond donors (Lipinski definition) is 0. The van der Waals surface area contributed by atoms with Gasteiger partial charge in [-0.15, -0.1) is 0 Å². The minimum Gasteiger partial charge on any atom is -0.455 e. The summed E-state index contributed by atoms with van der Waals surface area (Å²) in [5.74, 6) is 3.35. The van der Waals surface area contributed by atoms with Crippen molar-refractivity contribution < 1.29 is 13.9 Å². The Morgan fingerprint density at radius 3 is 1.04 bits per heavy atom. The van der Waals surface area contributed by atoms with Crippen molar-refractivity contribution in [1.29, 1.82) is 0 Å². The van der Waals surface area contributed by atoms with Crippen molar-refractivity contribution in [1.82, 2.24) is 0 Å². The minimum atomic E-state index is 0.838. The number of rotatable bonds is 4. The lowest BCUT2D eigenvalue weighted by atomic mass is 9.96.